The van der Waals surface area contributed by atoms with Crippen LogP contribution in [-0.4, -0.2) is 33.4 Å². The van der Waals surface area contributed by atoms with Gasteiger partial charge in [0, 0.05) is 39.2 Å². The van der Waals surface area contributed by atoms with Gasteiger partial charge in [0.2, 0.25) is 5.91 Å². The molecular weight excluding hydrogens is 711 g/mol. The van der Waals surface area contributed by atoms with Gasteiger partial charge in [0.1, 0.15) is 18.1 Å². The molecule has 13 heteroatoms. The monoisotopic (exact) mass is 741 g/mol. The van der Waals surface area contributed by atoms with E-state index in [0.717, 1.165) is 10.5 Å². The van der Waals surface area contributed by atoms with Crippen molar-refractivity contribution in [3.63, 3.8) is 0 Å². The average molecular weight is 742 g/mol. The number of ether oxygens (including phenoxy) is 1. The summed E-state index contributed by atoms with van der Waals surface area (Å²) < 4.78 is 5.89. The number of aromatic nitrogens is 1. The molecule has 3 amide bonds. The number of nitro benzene ring substituents is 1. The number of anilines is 2. The number of thioether (sulfide) groups is 1. The lowest BCUT2D eigenvalue weighted by Gasteiger charge is -2.12. The molecule has 0 aliphatic carbocycles. The minimum absolute atomic E-state index is 0.0298. The zero-order valence-electron chi connectivity index (χ0n) is 27.9. The van der Waals surface area contributed by atoms with Crippen molar-refractivity contribution in [2.45, 2.75) is 11.5 Å². The molecule has 0 saturated heterocycles. The van der Waals surface area contributed by atoms with Gasteiger partial charge in [0.05, 0.1) is 16.4 Å². The highest BCUT2D eigenvalue weighted by Crippen LogP contribution is 2.28. The van der Waals surface area contributed by atoms with Crippen LogP contribution in [0.2, 0.25) is 0 Å². The Morgan fingerprint density at radius 2 is 1.57 bits per heavy atom. The van der Waals surface area contributed by atoms with Gasteiger partial charge in [0.15, 0.2) is 5.13 Å². The molecule has 1 aromatic heterocycles. The number of benzene rings is 5. The van der Waals surface area contributed by atoms with E-state index < -0.39 is 16.7 Å². The number of amides is 3. The lowest BCUT2D eigenvalue weighted by atomic mass is 10.1. The molecule has 0 saturated carbocycles. The van der Waals surface area contributed by atoms with Crippen LogP contribution in [0.4, 0.5) is 16.5 Å². The summed E-state index contributed by atoms with van der Waals surface area (Å²) in [5, 5.41) is 21.6. The maximum atomic E-state index is 13.6. The summed E-state index contributed by atoms with van der Waals surface area (Å²) in [7, 11) is 0. The molecule has 11 nitrogen and oxygen atoms in total. The molecule has 5 aromatic carbocycles. The van der Waals surface area contributed by atoms with Gasteiger partial charge < -0.3 is 20.7 Å². The van der Waals surface area contributed by atoms with Crippen LogP contribution in [0.1, 0.15) is 21.5 Å². The Morgan fingerprint density at radius 1 is 0.830 bits per heavy atom. The standard InChI is InChI=1S/C40H31N5O6S2/c46-37(44-40-43-36(25-53-40)30-13-7-15-32(22-30)45(49)50)26-52-34-16-8-14-31(23-34)41-39(48)35(42-38(47)29-11-5-2-6-12-29)21-27-17-19-33(20-18-27)51-24-28-9-3-1-4-10-28/h1-23,25H,24,26H2,(H,41,48)(H,42,47)(H,43,44,46)/b35-21-. The second-order valence-corrected chi connectivity index (χ2v) is 13.3. The van der Waals surface area contributed by atoms with Crippen LogP contribution >= 0.6 is 23.1 Å². The topological polar surface area (TPSA) is 153 Å². The predicted molar refractivity (Wildman–Crippen MR) is 208 cm³/mol. The summed E-state index contributed by atoms with van der Waals surface area (Å²) in [4.78, 5) is 55.3. The number of nitrogens with one attached hydrogen (secondary N) is 3. The molecule has 6 rings (SSSR count). The maximum Gasteiger partial charge on any atom is 0.272 e. The fourth-order valence-corrected chi connectivity index (χ4v) is 6.41. The van der Waals surface area contributed by atoms with E-state index >= 15 is 0 Å². The Hall–Kier alpha value is -6.57. The van der Waals surface area contributed by atoms with Crippen molar-refractivity contribution in [3.05, 3.63) is 171 Å². The van der Waals surface area contributed by atoms with Crippen LogP contribution in [0, 0.1) is 10.1 Å². The molecule has 0 radical (unpaired) electrons. The minimum Gasteiger partial charge on any atom is -0.489 e. The molecule has 1 heterocycles. The molecule has 264 valence electrons. The van der Waals surface area contributed by atoms with E-state index in [2.05, 4.69) is 20.9 Å². The Kier molecular flexibility index (Phi) is 12.0. The third kappa shape index (κ3) is 10.5. The Bertz CT molecular complexity index is 2260. The third-order valence-corrected chi connectivity index (χ3v) is 9.28. The lowest BCUT2D eigenvalue weighted by Crippen LogP contribution is -2.30. The summed E-state index contributed by atoms with van der Waals surface area (Å²) in [6.45, 7) is 0.413. The summed E-state index contributed by atoms with van der Waals surface area (Å²) in [6.07, 6.45) is 1.59. The largest absolute Gasteiger partial charge is 0.489 e. The molecule has 0 spiro atoms. The summed E-state index contributed by atoms with van der Waals surface area (Å²) in [6, 6.07) is 38.7. The summed E-state index contributed by atoms with van der Waals surface area (Å²) in [5.41, 5.74) is 3.64. The zero-order valence-corrected chi connectivity index (χ0v) is 29.6. The van der Waals surface area contributed by atoms with Crippen molar-refractivity contribution >= 4 is 63.4 Å². The highest BCUT2D eigenvalue weighted by molar-refractivity contribution is 8.00. The van der Waals surface area contributed by atoms with Gasteiger partial charge in [0.25, 0.3) is 17.5 Å². The van der Waals surface area contributed by atoms with E-state index in [9.17, 15) is 24.5 Å². The van der Waals surface area contributed by atoms with Crippen LogP contribution in [0.15, 0.2) is 149 Å². The number of nitrogens with zero attached hydrogens (tertiary/aromatic N) is 2. The number of hydrogen-bond donors (Lipinski definition) is 3. The number of non-ortho nitro benzene ring substituents is 1. The van der Waals surface area contributed by atoms with Crippen molar-refractivity contribution in [2.24, 2.45) is 0 Å². The molecule has 0 fully saturated rings. The van der Waals surface area contributed by atoms with Gasteiger partial charge in [-0.3, -0.25) is 24.5 Å². The molecule has 0 atom stereocenters. The maximum absolute atomic E-state index is 13.6. The number of thiazole rings is 1. The van der Waals surface area contributed by atoms with Gasteiger partial charge in [-0.15, -0.1) is 23.1 Å². The number of carbonyl (C=O) groups excluding carboxylic acids is 3. The van der Waals surface area contributed by atoms with Crippen LogP contribution in [0.3, 0.4) is 0 Å². The smallest absolute Gasteiger partial charge is 0.272 e. The molecular formula is C40H31N5O6S2. The Balaban J connectivity index is 1.09. The minimum atomic E-state index is -0.540. The number of rotatable bonds is 14. The Labute approximate surface area is 312 Å². The van der Waals surface area contributed by atoms with Gasteiger partial charge in [-0.05, 0) is 59.7 Å². The fourth-order valence-electron chi connectivity index (χ4n) is 4.92. The first-order chi connectivity index (χ1) is 25.8. The number of carbonyl (C=O) groups is 3. The SMILES string of the molecule is O=C(CSc1cccc(NC(=O)/C(=C/c2ccc(OCc3ccccc3)cc2)NC(=O)c2ccccc2)c1)Nc1nc(-c2cccc([N+](=O)[O-])c2)cs1. The highest BCUT2D eigenvalue weighted by Gasteiger charge is 2.16. The third-order valence-electron chi connectivity index (χ3n) is 7.53. The van der Waals surface area contributed by atoms with E-state index in [4.69, 9.17) is 4.74 Å². The van der Waals surface area contributed by atoms with E-state index in [0.29, 0.717) is 45.6 Å². The second kappa shape index (κ2) is 17.6. The number of hydrogen-bond acceptors (Lipinski definition) is 9. The van der Waals surface area contributed by atoms with Crippen molar-refractivity contribution in [2.75, 3.05) is 16.4 Å². The zero-order chi connectivity index (χ0) is 37.0. The molecule has 0 aliphatic rings. The van der Waals surface area contributed by atoms with Crippen molar-refractivity contribution in [3.8, 4) is 17.0 Å². The van der Waals surface area contributed by atoms with Crippen molar-refractivity contribution in [1.29, 1.82) is 0 Å². The van der Waals surface area contributed by atoms with E-state index in [-0.39, 0.29) is 23.0 Å². The quantitative estimate of drug-likeness (QED) is 0.0435. The first kappa shape index (κ1) is 36.2. The average Bonchev–Trinajstić information content (AvgIpc) is 3.66. The van der Waals surface area contributed by atoms with Gasteiger partial charge in [-0.2, -0.15) is 0 Å². The van der Waals surface area contributed by atoms with Gasteiger partial charge in [-0.1, -0.05) is 78.9 Å². The molecule has 53 heavy (non-hydrogen) atoms. The number of nitro groups is 1. The first-order valence-corrected chi connectivity index (χ1v) is 18.0. The van der Waals surface area contributed by atoms with E-state index in [1.165, 1.54) is 35.2 Å². The van der Waals surface area contributed by atoms with Gasteiger partial charge in [-0.25, -0.2) is 4.98 Å². The van der Waals surface area contributed by atoms with E-state index in [1.807, 2.05) is 36.4 Å². The first-order valence-electron chi connectivity index (χ1n) is 16.2. The van der Waals surface area contributed by atoms with Gasteiger partial charge >= 0.3 is 0 Å². The lowest BCUT2D eigenvalue weighted by molar-refractivity contribution is -0.384. The van der Waals surface area contributed by atoms with E-state index in [1.54, 1.807) is 96.4 Å². The van der Waals surface area contributed by atoms with Crippen molar-refractivity contribution < 1.29 is 24.0 Å². The molecule has 0 unspecified atom stereocenters. The Morgan fingerprint density at radius 3 is 2.32 bits per heavy atom. The van der Waals surface area contributed by atoms with Crippen LogP contribution in [-0.2, 0) is 16.2 Å². The predicted octanol–water partition coefficient (Wildman–Crippen LogP) is 8.44. The fraction of sp³-hybridized carbons (Fsp3) is 0.0500. The van der Waals surface area contributed by atoms with Crippen LogP contribution in [0.25, 0.3) is 17.3 Å². The second-order valence-electron chi connectivity index (χ2n) is 11.4. The molecule has 0 bridgehead atoms. The molecule has 3 N–H and O–H groups in total. The van der Waals surface area contributed by atoms with Crippen molar-refractivity contribution in [1.82, 2.24) is 10.3 Å². The highest BCUT2D eigenvalue weighted by atomic mass is 32.2. The molecule has 0 aliphatic heterocycles. The normalized spacial score (nSPS) is 11.0. The van der Waals surface area contributed by atoms with Crippen LogP contribution in [0.5, 0.6) is 5.75 Å². The summed E-state index contributed by atoms with van der Waals surface area (Å²) >= 11 is 2.48. The summed E-state index contributed by atoms with van der Waals surface area (Å²) in [5.74, 6) is -0.559. The molecule has 6 aromatic rings. The van der Waals surface area contributed by atoms with Crippen LogP contribution < -0.4 is 20.7 Å².